The van der Waals surface area contributed by atoms with Crippen LogP contribution in [0.5, 0.6) is 0 Å². The van der Waals surface area contributed by atoms with E-state index in [0.717, 1.165) is 5.56 Å². The van der Waals surface area contributed by atoms with Gasteiger partial charge in [0.15, 0.2) is 6.10 Å². The van der Waals surface area contributed by atoms with Crippen LogP contribution in [0.2, 0.25) is 0 Å². The number of ether oxygens (including phenoxy) is 2. The SMILES string of the molecule is CC(C)[C@H](NC(=O)OCc1ccccc1)C(=O)O[C@@H](C)C(N)=O. The Kier molecular flexibility index (Phi) is 7.05. The zero-order valence-electron chi connectivity index (χ0n) is 13.4. The molecule has 126 valence electrons. The molecule has 0 bridgehead atoms. The minimum atomic E-state index is -1.06. The molecule has 0 radical (unpaired) electrons. The van der Waals surface area contributed by atoms with Crippen LogP contribution < -0.4 is 11.1 Å². The summed E-state index contributed by atoms with van der Waals surface area (Å²) in [7, 11) is 0. The van der Waals surface area contributed by atoms with Gasteiger partial charge in [-0.3, -0.25) is 4.79 Å². The average Bonchev–Trinajstić information content (AvgIpc) is 2.51. The van der Waals surface area contributed by atoms with Crippen LogP contribution in [0.25, 0.3) is 0 Å². The van der Waals surface area contributed by atoms with Crippen LogP contribution in [-0.2, 0) is 25.7 Å². The number of nitrogens with one attached hydrogen (secondary N) is 1. The number of rotatable bonds is 7. The molecule has 1 rings (SSSR count). The number of hydrogen-bond donors (Lipinski definition) is 2. The minimum absolute atomic E-state index is 0.0875. The smallest absolute Gasteiger partial charge is 0.408 e. The highest BCUT2D eigenvalue weighted by Crippen LogP contribution is 2.07. The minimum Gasteiger partial charge on any atom is -0.451 e. The molecule has 2 atom stereocenters. The third-order valence-corrected chi connectivity index (χ3v) is 3.10. The lowest BCUT2D eigenvalue weighted by atomic mass is 10.1. The summed E-state index contributed by atoms with van der Waals surface area (Å²) in [6.07, 6.45) is -1.80. The second-order valence-electron chi connectivity index (χ2n) is 5.41. The molecular formula is C16H22N2O5. The number of amides is 2. The van der Waals surface area contributed by atoms with Gasteiger partial charge in [-0.1, -0.05) is 44.2 Å². The standard InChI is InChI=1S/C16H22N2O5/c1-10(2)13(15(20)23-11(3)14(17)19)18-16(21)22-9-12-7-5-4-6-8-12/h4-8,10-11,13H,9H2,1-3H3,(H2,17,19)(H,18,21)/t11-,13-/m0/s1. The first kappa shape index (κ1) is 18.5. The number of esters is 1. The normalized spacial score (nSPS) is 13.0. The van der Waals surface area contributed by atoms with Gasteiger partial charge in [-0.2, -0.15) is 0 Å². The summed E-state index contributed by atoms with van der Waals surface area (Å²) in [4.78, 5) is 34.8. The van der Waals surface area contributed by atoms with Crippen molar-refractivity contribution in [1.82, 2.24) is 5.32 Å². The van der Waals surface area contributed by atoms with Gasteiger partial charge < -0.3 is 20.5 Å². The number of benzene rings is 1. The van der Waals surface area contributed by atoms with Crippen molar-refractivity contribution in [2.24, 2.45) is 11.7 Å². The van der Waals surface area contributed by atoms with E-state index in [1.807, 2.05) is 30.3 Å². The van der Waals surface area contributed by atoms with Crippen LogP contribution in [0.4, 0.5) is 4.79 Å². The molecule has 7 nitrogen and oxygen atoms in total. The Bertz CT molecular complexity index is 545. The lowest BCUT2D eigenvalue weighted by Crippen LogP contribution is -2.47. The first-order valence-corrected chi connectivity index (χ1v) is 7.28. The van der Waals surface area contributed by atoms with E-state index in [0.29, 0.717) is 0 Å². The van der Waals surface area contributed by atoms with Gasteiger partial charge in [-0.15, -0.1) is 0 Å². The van der Waals surface area contributed by atoms with Gasteiger partial charge >= 0.3 is 12.1 Å². The Morgan fingerprint density at radius 2 is 1.74 bits per heavy atom. The molecule has 0 fully saturated rings. The van der Waals surface area contributed by atoms with E-state index in [4.69, 9.17) is 15.2 Å². The Morgan fingerprint density at radius 3 is 2.26 bits per heavy atom. The molecule has 7 heteroatoms. The van der Waals surface area contributed by atoms with Gasteiger partial charge in [-0.05, 0) is 18.4 Å². The number of primary amides is 1. The summed E-state index contributed by atoms with van der Waals surface area (Å²) in [6, 6.07) is 8.21. The number of carbonyl (C=O) groups excluding carboxylic acids is 3. The van der Waals surface area contributed by atoms with Gasteiger partial charge in [0.25, 0.3) is 5.91 Å². The first-order valence-electron chi connectivity index (χ1n) is 7.28. The fraction of sp³-hybridized carbons (Fsp3) is 0.438. The molecule has 2 amide bonds. The van der Waals surface area contributed by atoms with E-state index in [1.54, 1.807) is 13.8 Å². The highest BCUT2D eigenvalue weighted by atomic mass is 16.6. The lowest BCUT2D eigenvalue weighted by Gasteiger charge is -2.22. The fourth-order valence-corrected chi connectivity index (χ4v) is 1.70. The molecule has 0 saturated carbocycles. The molecule has 3 N–H and O–H groups in total. The molecule has 0 spiro atoms. The largest absolute Gasteiger partial charge is 0.451 e. The zero-order chi connectivity index (χ0) is 17.4. The van der Waals surface area contributed by atoms with E-state index in [9.17, 15) is 14.4 Å². The molecule has 0 aliphatic heterocycles. The van der Waals surface area contributed by atoms with Gasteiger partial charge in [0.1, 0.15) is 12.6 Å². The third-order valence-electron chi connectivity index (χ3n) is 3.10. The van der Waals surface area contributed by atoms with Crippen molar-refractivity contribution in [2.45, 2.75) is 39.5 Å². The molecule has 1 aromatic rings. The van der Waals surface area contributed by atoms with Crippen LogP contribution in [-0.4, -0.2) is 30.1 Å². The zero-order valence-corrected chi connectivity index (χ0v) is 13.4. The number of alkyl carbamates (subject to hydrolysis) is 1. The Hall–Kier alpha value is -2.57. The summed E-state index contributed by atoms with van der Waals surface area (Å²) in [6.45, 7) is 4.92. The molecule has 1 aromatic carbocycles. The second-order valence-corrected chi connectivity index (χ2v) is 5.41. The molecular weight excluding hydrogens is 300 g/mol. The van der Waals surface area contributed by atoms with Crippen molar-refractivity contribution in [2.75, 3.05) is 0 Å². The van der Waals surface area contributed by atoms with Crippen LogP contribution in [0, 0.1) is 5.92 Å². The van der Waals surface area contributed by atoms with Crippen molar-refractivity contribution in [3.05, 3.63) is 35.9 Å². The van der Waals surface area contributed by atoms with Crippen LogP contribution in [0.1, 0.15) is 26.3 Å². The topological polar surface area (TPSA) is 108 Å². The second kappa shape index (κ2) is 8.77. The number of hydrogen-bond acceptors (Lipinski definition) is 5. The van der Waals surface area contributed by atoms with E-state index >= 15 is 0 Å². The molecule has 23 heavy (non-hydrogen) atoms. The van der Waals surface area contributed by atoms with Gasteiger partial charge in [-0.25, -0.2) is 9.59 Å². The van der Waals surface area contributed by atoms with Crippen molar-refractivity contribution in [3.63, 3.8) is 0 Å². The van der Waals surface area contributed by atoms with Crippen molar-refractivity contribution < 1.29 is 23.9 Å². The van der Waals surface area contributed by atoms with Gasteiger partial charge in [0.2, 0.25) is 0 Å². The maximum Gasteiger partial charge on any atom is 0.408 e. The summed E-state index contributed by atoms with van der Waals surface area (Å²) in [5, 5.41) is 2.44. The van der Waals surface area contributed by atoms with E-state index in [1.165, 1.54) is 6.92 Å². The van der Waals surface area contributed by atoms with Crippen LogP contribution >= 0.6 is 0 Å². The molecule has 0 aliphatic carbocycles. The predicted molar refractivity (Wildman–Crippen MR) is 83.1 cm³/mol. The molecule has 0 heterocycles. The summed E-state index contributed by atoms with van der Waals surface area (Å²) < 4.78 is 9.98. The maximum atomic E-state index is 12.0. The summed E-state index contributed by atoms with van der Waals surface area (Å²) in [5.41, 5.74) is 5.87. The molecule has 0 saturated heterocycles. The van der Waals surface area contributed by atoms with E-state index in [-0.39, 0.29) is 12.5 Å². The van der Waals surface area contributed by atoms with Crippen molar-refractivity contribution in [1.29, 1.82) is 0 Å². The van der Waals surface area contributed by atoms with Crippen molar-refractivity contribution >= 4 is 18.0 Å². The highest BCUT2D eigenvalue weighted by molar-refractivity contribution is 5.85. The fourth-order valence-electron chi connectivity index (χ4n) is 1.70. The first-order chi connectivity index (χ1) is 10.8. The highest BCUT2D eigenvalue weighted by Gasteiger charge is 2.28. The Labute approximate surface area is 135 Å². The van der Waals surface area contributed by atoms with Gasteiger partial charge in [0, 0.05) is 0 Å². The van der Waals surface area contributed by atoms with Crippen LogP contribution in [0.3, 0.4) is 0 Å². The Balaban J connectivity index is 2.56. The maximum absolute atomic E-state index is 12.0. The average molecular weight is 322 g/mol. The number of nitrogens with two attached hydrogens (primary N) is 1. The monoisotopic (exact) mass is 322 g/mol. The van der Waals surface area contributed by atoms with Gasteiger partial charge in [0.05, 0.1) is 0 Å². The Morgan fingerprint density at radius 1 is 1.13 bits per heavy atom. The van der Waals surface area contributed by atoms with E-state index < -0.39 is 30.1 Å². The van der Waals surface area contributed by atoms with Crippen molar-refractivity contribution in [3.8, 4) is 0 Å². The molecule has 0 aliphatic rings. The number of carbonyl (C=O) groups is 3. The van der Waals surface area contributed by atoms with Crippen LogP contribution in [0.15, 0.2) is 30.3 Å². The summed E-state index contributed by atoms with van der Waals surface area (Å²) >= 11 is 0. The summed E-state index contributed by atoms with van der Waals surface area (Å²) in [5.74, 6) is -1.73. The van der Waals surface area contributed by atoms with E-state index in [2.05, 4.69) is 5.32 Å². The predicted octanol–water partition coefficient (Wildman–Crippen LogP) is 1.35. The molecule has 0 aromatic heterocycles. The lowest BCUT2D eigenvalue weighted by molar-refractivity contribution is -0.156. The molecule has 0 unspecified atom stereocenters. The quantitative estimate of drug-likeness (QED) is 0.737. The third kappa shape index (κ3) is 6.37.